The first-order valence-electron chi connectivity index (χ1n) is 17.6. The fourth-order valence-electron chi connectivity index (χ4n) is 6.49. The van der Waals surface area contributed by atoms with Gasteiger partial charge in [0.25, 0.3) is 5.91 Å². The van der Waals surface area contributed by atoms with Crippen LogP contribution >= 0.6 is 0 Å². The quantitative estimate of drug-likeness (QED) is 0.287. The molecule has 0 spiro atoms. The summed E-state index contributed by atoms with van der Waals surface area (Å²) in [7, 11) is -2.88. The number of amides is 4. The van der Waals surface area contributed by atoms with Gasteiger partial charge in [0, 0.05) is 18.0 Å². The number of pyridine rings is 1. The van der Waals surface area contributed by atoms with Crippen LogP contribution in [0.4, 0.5) is 4.79 Å². The Bertz CT molecular complexity index is 1830. The molecule has 286 valence electrons. The highest BCUT2D eigenvalue weighted by atomic mass is 32.2. The summed E-state index contributed by atoms with van der Waals surface area (Å²) in [6.07, 6.45) is 1.84. The van der Waals surface area contributed by atoms with Crippen molar-refractivity contribution in [2.24, 2.45) is 11.3 Å². The third kappa shape index (κ3) is 8.88. The third-order valence-corrected chi connectivity index (χ3v) is 10.7. The largest absolute Gasteiger partial charge is 0.497 e. The number of hydrogen-bond acceptors (Lipinski definition) is 11. The van der Waals surface area contributed by atoms with Crippen molar-refractivity contribution in [1.29, 1.82) is 0 Å². The number of ether oxygens (including phenoxy) is 3. The van der Waals surface area contributed by atoms with Crippen LogP contribution in [0.15, 0.2) is 30.5 Å². The van der Waals surface area contributed by atoms with Crippen molar-refractivity contribution < 1.29 is 46.0 Å². The molecule has 0 bridgehead atoms. The van der Waals surface area contributed by atoms with Crippen molar-refractivity contribution in [3.8, 4) is 11.6 Å². The number of nitrogens with one attached hydrogen (secondary N) is 3. The highest BCUT2D eigenvalue weighted by molar-refractivity contribution is 7.85. The van der Waals surface area contributed by atoms with E-state index in [2.05, 4.69) is 15.6 Å². The molecule has 3 fully saturated rings. The van der Waals surface area contributed by atoms with Gasteiger partial charge in [0.1, 0.15) is 35.1 Å². The van der Waals surface area contributed by atoms with E-state index in [4.69, 9.17) is 18.4 Å². The zero-order chi connectivity index (χ0) is 38.4. The van der Waals surface area contributed by atoms with Gasteiger partial charge in [-0.25, -0.2) is 18.7 Å². The van der Waals surface area contributed by atoms with E-state index in [9.17, 15) is 27.6 Å². The number of hydrogen-bond donors (Lipinski definition) is 3. The van der Waals surface area contributed by atoms with Gasteiger partial charge in [0.05, 0.1) is 19.3 Å². The van der Waals surface area contributed by atoms with E-state index in [0.717, 1.165) is 5.39 Å². The fraction of sp³-hybridized carbons (Fsp3) is 0.639. The van der Waals surface area contributed by atoms with Crippen molar-refractivity contribution in [3.63, 3.8) is 0 Å². The Hall–Kier alpha value is -4.18. The van der Waals surface area contributed by atoms with Crippen LogP contribution < -0.4 is 24.8 Å². The van der Waals surface area contributed by atoms with Crippen LogP contribution in [0.2, 0.25) is 0 Å². The van der Waals surface area contributed by atoms with E-state index in [0.29, 0.717) is 30.4 Å². The van der Waals surface area contributed by atoms with Gasteiger partial charge in [-0.3, -0.25) is 14.4 Å². The molecular formula is C36H51N5O10S. The van der Waals surface area contributed by atoms with E-state index in [1.54, 1.807) is 73.9 Å². The summed E-state index contributed by atoms with van der Waals surface area (Å²) in [5, 5.41) is 7.01. The molecule has 2 aliphatic carbocycles. The van der Waals surface area contributed by atoms with Gasteiger partial charge in [0.15, 0.2) is 0 Å². The molecule has 16 heteroatoms. The maximum atomic E-state index is 14.5. The number of likely N-dealkylation sites (tertiary alicyclic amines) is 1. The summed E-state index contributed by atoms with van der Waals surface area (Å²) in [4.78, 5) is 61.0. The van der Waals surface area contributed by atoms with Gasteiger partial charge >= 0.3 is 16.4 Å². The van der Waals surface area contributed by atoms with Gasteiger partial charge in [-0.05, 0) is 87.9 Å². The van der Waals surface area contributed by atoms with Crippen LogP contribution in [0, 0.1) is 11.3 Å². The molecule has 2 saturated carbocycles. The number of carbonyl (C=O) groups excluding carboxylic acids is 4. The lowest BCUT2D eigenvalue weighted by Gasteiger charge is -2.36. The van der Waals surface area contributed by atoms with Crippen molar-refractivity contribution in [3.05, 3.63) is 30.5 Å². The summed E-state index contributed by atoms with van der Waals surface area (Å²) < 4.78 is 49.9. The Morgan fingerprint density at radius 1 is 1.08 bits per heavy atom. The number of fused-ring (bicyclic) bond motifs is 1. The van der Waals surface area contributed by atoms with Gasteiger partial charge in [-0.15, -0.1) is 0 Å². The van der Waals surface area contributed by atoms with Gasteiger partial charge in [0.2, 0.25) is 17.7 Å². The summed E-state index contributed by atoms with van der Waals surface area (Å²) in [5.74, 6) is -1.55. The molecule has 4 amide bonds. The monoisotopic (exact) mass is 745 g/mol. The molecule has 3 aliphatic rings. The van der Waals surface area contributed by atoms with E-state index < -0.39 is 74.5 Å². The van der Waals surface area contributed by atoms with Crippen LogP contribution in [-0.4, -0.2) is 90.7 Å². The second-order valence-corrected chi connectivity index (χ2v) is 17.6. The zero-order valence-corrected chi connectivity index (χ0v) is 32.1. The number of rotatable bonds is 12. The lowest BCUT2D eigenvalue weighted by molar-refractivity contribution is -0.143. The topological polar surface area (TPSA) is 192 Å². The number of aromatic nitrogens is 1. The van der Waals surface area contributed by atoms with E-state index >= 15 is 0 Å². The molecule has 0 radical (unpaired) electrons. The second kappa shape index (κ2) is 14.0. The molecular weight excluding hydrogens is 694 g/mol. The fourth-order valence-corrected chi connectivity index (χ4v) is 7.63. The number of alkyl carbamates (subject to hydrolysis) is 1. The lowest BCUT2D eigenvalue weighted by Crippen LogP contribution is -2.60. The second-order valence-electron chi connectivity index (χ2n) is 16.3. The first-order valence-corrected chi connectivity index (χ1v) is 19.0. The Morgan fingerprint density at radius 3 is 2.35 bits per heavy atom. The van der Waals surface area contributed by atoms with Crippen molar-refractivity contribution >= 4 is 44.9 Å². The summed E-state index contributed by atoms with van der Waals surface area (Å²) >= 11 is 0. The van der Waals surface area contributed by atoms with E-state index in [1.807, 2.05) is 23.8 Å². The van der Waals surface area contributed by atoms with E-state index in [1.165, 1.54) is 4.90 Å². The Morgan fingerprint density at radius 2 is 1.77 bits per heavy atom. The highest BCUT2D eigenvalue weighted by Gasteiger charge is 2.62. The summed E-state index contributed by atoms with van der Waals surface area (Å²) in [6, 6.07) is 4.95. The van der Waals surface area contributed by atoms with Crippen LogP contribution in [0.1, 0.15) is 87.5 Å². The minimum Gasteiger partial charge on any atom is -0.497 e. The number of carbonyl (C=O) groups is 4. The van der Waals surface area contributed by atoms with Gasteiger partial charge < -0.3 is 29.7 Å². The lowest BCUT2D eigenvalue weighted by atomic mass is 9.85. The third-order valence-electron chi connectivity index (χ3n) is 9.67. The SMILES string of the molecule is CC[C@@H]1C[C@]1(NC(=O)[C@@H]1C[C@@H](Oc2nccc3cc(OC)ccc23)CN1C(=O)[C@@H](NC(=O)OC(C)(C)C)C(C)(C)C)C(=O)NS(=O)(=O)OC1(C)CC1. The Balaban J connectivity index is 1.43. The molecule has 15 nitrogen and oxygen atoms in total. The number of benzene rings is 1. The molecule has 1 aliphatic heterocycles. The predicted molar refractivity (Wildman–Crippen MR) is 190 cm³/mol. The van der Waals surface area contributed by atoms with Crippen LogP contribution in [0.25, 0.3) is 10.8 Å². The molecule has 1 aromatic heterocycles. The first kappa shape index (κ1) is 39.0. The number of methoxy groups -OCH3 is 1. The van der Waals surface area contributed by atoms with Gasteiger partial charge in [-0.1, -0.05) is 34.1 Å². The Labute approximate surface area is 305 Å². The smallest absolute Gasteiger partial charge is 0.408 e. The van der Waals surface area contributed by atoms with Gasteiger partial charge in [-0.2, -0.15) is 8.42 Å². The summed E-state index contributed by atoms with van der Waals surface area (Å²) in [5.41, 5.74) is -4.04. The average molecular weight is 746 g/mol. The van der Waals surface area contributed by atoms with Crippen LogP contribution in [0.5, 0.6) is 11.6 Å². The minimum atomic E-state index is -4.45. The zero-order valence-electron chi connectivity index (χ0n) is 31.3. The highest BCUT2D eigenvalue weighted by Crippen LogP contribution is 2.47. The molecule has 52 heavy (non-hydrogen) atoms. The predicted octanol–water partition coefficient (Wildman–Crippen LogP) is 3.75. The van der Waals surface area contributed by atoms with Crippen molar-refractivity contribution in [2.45, 2.75) is 122 Å². The Kier molecular flexibility index (Phi) is 10.5. The van der Waals surface area contributed by atoms with Crippen LogP contribution in [-0.2, 0) is 33.6 Å². The molecule has 2 aromatic rings. The summed E-state index contributed by atoms with van der Waals surface area (Å²) in [6.45, 7) is 13.9. The first-order chi connectivity index (χ1) is 24.1. The molecule has 5 rings (SSSR count). The van der Waals surface area contributed by atoms with E-state index in [-0.39, 0.29) is 31.2 Å². The van der Waals surface area contributed by atoms with Crippen molar-refractivity contribution in [2.75, 3.05) is 13.7 Å². The standard InChI is InChI=1S/C36H51N5O10S/c1-10-22-19-36(22,31(44)40-52(46,47)51-35(8)14-15-35)39-28(42)26-18-24(49-29-25-12-11-23(48-9)17-21(25)13-16-37-29)20-41(26)30(43)27(33(2,3)4)38-32(45)50-34(5,6)7/h11-13,16-17,22,24,26-27H,10,14-15,18-20H2,1-9H3,(H,38,45)(H,39,42)(H,40,44)/t22-,24-,26+,27-,36-/m1/s1. The molecule has 3 N–H and O–H groups in total. The molecule has 0 unspecified atom stereocenters. The van der Waals surface area contributed by atoms with Crippen molar-refractivity contribution in [1.82, 2.24) is 25.2 Å². The minimum absolute atomic E-state index is 0.0172. The molecule has 2 heterocycles. The number of nitrogens with zero attached hydrogens (tertiary/aromatic N) is 2. The molecule has 5 atom stereocenters. The maximum Gasteiger partial charge on any atom is 0.408 e. The van der Waals surface area contributed by atoms with Crippen LogP contribution in [0.3, 0.4) is 0 Å². The molecule has 1 aromatic carbocycles. The average Bonchev–Trinajstić information content (AvgIpc) is 3.90. The maximum absolute atomic E-state index is 14.5. The molecule has 1 saturated heterocycles. The normalized spacial score (nSPS) is 24.4.